The van der Waals surface area contributed by atoms with Gasteiger partial charge in [0, 0.05) is 17.9 Å². The van der Waals surface area contributed by atoms with Gasteiger partial charge in [-0.25, -0.2) is 9.59 Å². The number of carboxylic acids is 1. The third-order valence-electron chi connectivity index (χ3n) is 22.2. The van der Waals surface area contributed by atoms with E-state index in [1.165, 1.54) is 6.92 Å². The van der Waals surface area contributed by atoms with Gasteiger partial charge in [-0.15, -0.1) is 0 Å². The highest BCUT2D eigenvalue weighted by molar-refractivity contribution is 5.87. The van der Waals surface area contributed by atoms with E-state index in [4.69, 9.17) is 47.4 Å². The van der Waals surface area contributed by atoms with Crippen molar-refractivity contribution in [3.05, 3.63) is 23.3 Å². The Morgan fingerprint density at radius 1 is 0.671 bits per heavy atom. The molecule has 0 amide bonds. The average molecular weight is 1220 g/mol. The van der Waals surface area contributed by atoms with Crippen LogP contribution >= 0.6 is 0 Å². The minimum atomic E-state index is -2.21. The molecule has 8 fully saturated rings. The van der Waals surface area contributed by atoms with Crippen molar-refractivity contribution in [3.8, 4) is 0 Å². The van der Waals surface area contributed by atoms with Gasteiger partial charge in [0.05, 0.1) is 37.4 Å². The molecular weight excluding hydrogens is 1120 g/mol. The zero-order valence-corrected chi connectivity index (χ0v) is 50.0. The Balaban J connectivity index is 1.03. The van der Waals surface area contributed by atoms with Crippen molar-refractivity contribution in [2.45, 2.75) is 249 Å². The summed E-state index contributed by atoms with van der Waals surface area (Å²) in [7, 11) is 0. The Hall–Kier alpha value is -2.91. The van der Waals surface area contributed by atoms with Gasteiger partial charge in [0.1, 0.15) is 98.2 Å². The molecule has 4 saturated heterocycles. The van der Waals surface area contributed by atoms with Crippen LogP contribution in [0.2, 0.25) is 0 Å². The molecule has 0 bridgehead atoms. The van der Waals surface area contributed by atoms with Gasteiger partial charge in [-0.2, -0.15) is 0 Å². The highest BCUT2D eigenvalue weighted by Gasteiger charge is 2.73. The van der Waals surface area contributed by atoms with Crippen molar-refractivity contribution in [1.82, 2.24) is 0 Å². The van der Waals surface area contributed by atoms with E-state index in [0.29, 0.717) is 44.1 Å². The summed E-state index contributed by atoms with van der Waals surface area (Å²) in [6.45, 7) is 16.9. The molecule has 9 aliphatic rings. The van der Waals surface area contributed by atoms with Gasteiger partial charge < -0.3 is 114 Å². The van der Waals surface area contributed by atoms with E-state index >= 15 is 0 Å². The molecule has 0 aromatic rings. The number of allylic oxidation sites excluding steroid dienone is 3. The van der Waals surface area contributed by atoms with E-state index in [2.05, 4.69) is 26.8 Å². The Labute approximate surface area is 493 Å². The lowest BCUT2D eigenvalue weighted by Crippen LogP contribution is -2.72. The van der Waals surface area contributed by atoms with E-state index in [1.54, 1.807) is 19.9 Å². The average Bonchev–Trinajstić information content (AvgIpc) is 0.706. The van der Waals surface area contributed by atoms with Crippen molar-refractivity contribution < 1.29 is 128 Å². The maximum atomic E-state index is 13.4. The minimum absolute atomic E-state index is 0.00886. The summed E-state index contributed by atoms with van der Waals surface area (Å²) < 4.78 is 60.4. The molecule has 0 radical (unpaired) electrons. The Morgan fingerprint density at radius 2 is 1.29 bits per heavy atom. The fourth-order valence-electron chi connectivity index (χ4n) is 17.0. The monoisotopic (exact) mass is 1220 g/mol. The molecule has 4 saturated carbocycles. The molecular formula is C59H92O26. The number of hydrogen-bond donors (Lipinski definition) is 13. The summed E-state index contributed by atoms with van der Waals surface area (Å²) in [6.07, 6.45) is -30.8. The third kappa shape index (κ3) is 11.2. The van der Waals surface area contributed by atoms with Crippen molar-refractivity contribution in [2.24, 2.45) is 50.2 Å². The SMILES string of the molecule is C/C=C(/C)C(=O)O[C@H]1[C@H](O)[C@]2(COC(C)=O)[C@H](O)C[C@]3(C)C(=CC[C@H]4[C@@]5(C)CC[C@H](O[C@@H]6O[C@H](C(=O)O)[C@@H](O)[C@H](O[C@@H]7OC[C@H](O)[C@H](O)[C@H]7O[C@@H]7OC[C@@H](O)[C@H](O)[C@H]7O)[C@H]6O[C@@H]6O[C@H](CO)[C@H](O)[C@H](O)[C@H]6O)C(C)(C)[C@@H]5CC[C@]43C)[C@@H]2CC1(C)C. The summed E-state index contributed by atoms with van der Waals surface area (Å²) in [5.74, 6) is -3.49. The predicted molar refractivity (Wildman–Crippen MR) is 288 cm³/mol. The molecule has 0 unspecified atom stereocenters. The van der Waals surface area contributed by atoms with Gasteiger partial charge in [-0.05, 0) is 98.2 Å². The molecule has 26 heteroatoms. The molecule has 5 aliphatic carbocycles. The number of fused-ring (bicyclic) bond motifs is 7. The molecule has 4 heterocycles. The molecule has 9 rings (SSSR count). The van der Waals surface area contributed by atoms with Crippen LogP contribution in [0, 0.1) is 50.2 Å². The molecule has 26 nitrogen and oxygen atoms in total. The minimum Gasteiger partial charge on any atom is -0.479 e. The van der Waals surface area contributed by atoms with Crippen LogP contribution in [0.3, 0.4) is 0 Å². The second kappa shape index (κ2) is 24.4. The highest BCUT2D eigenvalue weighted by Crippen LogP contribution is 2.76. The van der Waals surface area contributed by atoms with Crippen molar-refractivity contribution >= 4 is 17.9 Å². The van der Waals surface area contributed by atoms with Gasteiger partial charge in [-0.1, -0.05) is 66.2 Å². The lowest BCUT2D eigenvalue weighted by atomic mass is 9.33. The first kappa shape index (κ1) is 66.5. The van der Waals surface area contributed by atoms with Crippen LogP contribution in [0.15, 0.2) is 23.3 Å². The van der Waals surface area contributed by atoms with Crippen LogP contribution < -0.4 is 0 Å². The van der Waals surface area contributed by atoms with E-state index in [9.17, 15) is 80.8 Å². The number of carbonyl (C=O) groups excluding carboxylic acids is 2. The maximum absolute atomic E-state index is 13.4. The van der Waals surface area contributed by atoms with Crippen LogP contribution in [0.5, 0.6) is 0 Å². The normalized spacial score (nSPS) is 50.5. The van der Waals surface area contributed by atoms with Crippen LogP contribution in [-0.4, -0.2) is 246 Å². The van der Waals surface area contributed by atoms with Crippen LogP contribution in [-0.2, 0) is 61.8 Å². The second-order valence-electron chi connectivity index (χ2n) is 27.6. The van der Waals surface area contributed by atoms with Gasteiger partial charge in [-0.3, -0.25) is 4.79 Å². The number of hydrogen-bond acceptors (Lipinski definition) is 25. The molecule has 4 aliphatic heterocycles. The van der Waals surface area contributed by atoms with Gasteiger partial charge >= 0.3 is 17.9 Å². The highest BCUT2D eigenvalue weighted by atomic mass is 16.8. The second-order valence-corrected chi connectivity index (χ2v) is 27.6. The lowest BCUT2D eigenvalue weighted by Gasteiger charge is -2.72. The standard InChI is InChI=1S/C59H92O26/c1-11-24(2)49(75)85-47-46(72)59(23-78-25(3)61)27(18-54(47,4)5)26-12-13-32-56(8)16-15-34(55(6,7)31(56)14-17-57(32,9)58(26,10)19-33(59)64)80-53-45(84-51-40(70)38(68)37(67)30(20-60)79-51)42(41(71)43(82-53)48(73)74)81-52-44(36(66)29(63)22-77-52)83-50-39(69)35(65)28(62)21-76-50/h11-12,27-47,50-53,60,62-72H,13-23H2,1-10H3,(H,73,74)/b24-11-/t27-,28+,29-,30+,31-,32-,33+,34-,35-,36-,37-,38-,39+,40+,41-,42-,43-,44+,45+,46-,47-,50-,51-,52-,53+,56-,57+,58+,59-/m0/s1. The third-order valence-corrected chi connectivity index (χ3v) is 22.2. The Morgan fingerprint density at radius 3 is 1.93 bits per heavy atom. The van der Waals surface area contributed by atoms with Gasteiger partial charge in [0.2, 0.25) is 0 Å². The van der Waals surface area contributed by atoms with Crippen LogP contribution in [0.1, 0.15) is 114 Å². The molecule has 0 aromatic heterocycles. The van der Waals surface area contributed by atoms with E-state index in [-0.39, 0.29) is 24.9 Å². The topological polar surface area (TPSA) is 407 Å². The lowest BCUT2D eigenvalue weighted by molar-refractivity contribution is -0.399. The molecule has 85 heavy (non-hydrogen) atoms. The molecule has 13 N–H and O–H groups in total. The largest absolute Gasteiger partial charge is 0.479 e. The Bertz CT molecular complexity index is 2490. The summed E-state index contributed by atoms with van der Waals surface area (Å²) in [5, 5.41) is 145. The first-order chi connectivity index (χ1) is 39.7. The van der Waals surface area contributed by atoms with Gasteiger partial charge in [0.15, 0.2) is 31.3 Å². The molecule has 29 atom stereocenters. The summed E-state index contributed by atoms with van der Waals surface area (Å²) in [6, 6.07) is 0. The molecule has 0 spiro atoms. The van der Waals surface area contributed by atoms with Gasteiger partial charge in [0.25, 0.3) is 0 Å². The molecule has 484 valence electrons. The van der Waals surface area contributed by atoms with E-state index in [1.807, 2.05) is 27.7 Å². The summed E-state index contributed by atoms with van der Waals surface area (Å²) in [5.41, 5.74) is -3.17. The number of aliphatic hydroxyl groups is 12. The van der Waals surface area contributed by atoms with Crippen LogP contribution in [0.4, 0.5) is 0 Å². The van der Waals surface area contributed by atoms with Crippen molar-refractivity contribution in [1.29, 1.82) is 0 Å². The maximum Gasteiger partial charge on any atom is 0.335 e. The van der Waals surface area contributed by atoms with E-state index < -0.39 is 211 Å². The fraction of sp³-hybridized carbons (Fsp3) is 0.881. The molecule has 0 aromatic carbocycles. The summed E-state index contributed by atoms with van der Waals surface area (Å²) >= 11 is 0. The zero-order chi connectivity index (χ0) is 62.6. The first-order valence-corrected chi connectivity index (χ1v) is 29.8. The smallest absolute Gasteiger partial charge is 0.335 e. The fourth-order valence-corrected chi connectivity index (χ4v) is 17.0. The number of carboxylic acid groups (broad SMARTS) is 1. The number of aliphatic hydroxyl groups excluding tert-OH is 12. The van der Waals surface area contributed by atoms with Crippen molar-refractivity contribution in [2.75, 3.05) is 26.4 Å². The Kier molecular flexibility index (Phi) is 19.1. The number of ether oxygens (including phenoxy) is 10. The number of rotatable bonds is 14. The first-order valence-electron chi connectivity index (χ1n) is 29.8. The predicted octanol–water partition coefficient (Wildman–Crippen LogP) is -1.19. The number of esters is 2. The summed E-state index contributed by atoms with van der Waals surface area (Å²) in [4.78, 5) is 39.1. The van der Waals surface area contributed by atoms with E-state index in [0.717, 1.165) is 5.57 Å². The number of carbonyl (C=O) groups is 3. The van der Waals surface area contributed by atoms with Crippen molar-refractivity contribution in [3.63, 3.8) is 0 Å². The zero-order valence-electron chi connectivity index (χ0n) is 50.0. The number of aliphatic carboxylic acids is 1. The quantitative estimate of drug-likeness (QED) is 0.0421. The van der Waals surface area contributed by atoms with Crippen LogP contribution in [0.25, 0.3) is 0 Å².